The average molecular weight is 260 g/mol. The summed E-state index contributed by atoms with van der Waals surface area (Å²) in [4.78, 5) is 15.5. The monoisotopic (exact) mass is 260 g/mol. The van der Waals surface area contributed by atoms with Gasteiger partial charge in [0.15, 0.2) is 11.6 Å². The Hall–Kier alpha value is -2.56. The molecule has 1 N–H and O–H groups in total. The van der Waals surface area contributed by atoms with Crippen LogP contribution in [0.1, 0.15) is 5.69 Å². The number of carbonyl (C=O) groups excluding carboxylic acids is 1. The maximum absolute atomic E-state index is 12.9. The van der Waals surface area contributed by atoms with Gasteiger partial charge in [-0.3, -0.25) is 9.78 Å². The Morgan fingerprint density at radius 3 is 2.68 bits per heavy atom. The largest absolute Gasteiger partial charge is 0.322 e. The van der Waals surface area contributed by atoms with Crippen molar-refractivity contribution in [2.45, 2.75) is 0 Å². The summed E-state index contributed by atoms with van der Waals surface area (Å²) in [5, 5.41) is 2.42. The molecule has 5 heteroatoms. The first-order valence-corrected chi connectivity index (χ1v) is 5.50. The van der Waals surface area contributed by atoms with Crippen molar-refractivity contribution in [3.05, 3.63) is 66.0 Å². The standard InChI is InChI=1S/C14H10F2N2O/c15-12-6-4-11(9-13(12)16)18-14(19)7-5-10-3-1-2-8-17-10/h1-9H,(H,18,19)/b7-5+. The minimum Gasteiger partial charge on any atom is -0.322 e. The molecule has 0 aliphatic carbocycles. The highest BCUT2D eigenvalue weighted by Crippen LogP contribution is 2.13. The molecule has 0 fully saturated rings. The number of carbonyl (C=O) groups is 1. The first kappa shape index (κ1) is 12.9. The fourth-order valence-corrected chi connectivity index (χ4v) is 1.39. The van der Waals surface area contributed by atoms with Gasteiger partial charge in [-0.25, -0.2) is 8.78 Å². The van der Waals surface area contributed by atoms with E-state index in [0.717, 1.165) is 12.1 Å². The predicted octanol–water partition coefficient (Wildman–Crippen LogP) is 3.01. The number of nitrogens with zero attached hydrogens (tertiary/aromatic N) is 1. The fraction of sp³-hybridized carbons (Fsp3) is 0. The topological polar surface area (TPSA) is 42.0 Å². The van der Waals surface area contributed by atoms with Gasteiger partial charge in [-0.15, -0.1) is 0 Å². The van der Waals surface area contributed by atoms with Gasteiger partial charge in [-0.05, 0) is 30.3 Å². The van der Waals surface area contributed by atoms with Crippen molar-refractivity contribution >= 4 is 17.7 Å². The molecule has 1 aromatic carbocycles. The highest BCUT2D eigenvalue weighted by Gasteiger charge is 2.04. The van der Waals surface area contributed by atoms with E-state index in [1.807, 2.05) is 0 Å². The summed E-state index contributed by atoms with van der Waals surface area (Å²) in [6.45, 7) is 0. The number of hydrogen-bond acceptors (Lipinski definition) is 2. The number of pyridine rings is 1. The lowest BCUT2D eigenvalue weighted by atomic mass is 10.3. The van der Waals surface area contributed by atoms with Crippen molar-refractivity contribution in [3.63, 3.8) is 0 Å². The number of amides is 1. The van der Waals surface area contributed by atoms with Crippen molar-refractivity contribution in [2.75, 3.05) is 5.32 Å². The van der Waals surface area contributed by atoms with Crippen LogP contribution in [0, 0.1) is 11.6 Å². The molecule has 96 valence electrons. The van der Waals surface area contributed by atoms with Crippen molar-refractivity contribution in [1.82, 2.24) is 4.98 Å². The SMILES string of the molecule is O=C(/C=C/c1ccccn1)Nc1ccc(F)c(F)c1. The molecule has 1 amide bonds. The Morgan fingerprint density at radius 1 is 1.16 bits per heavy atom. The molecule has 0 bridgehead atoms. The molecule has 0 saturated heterocycles. The Morgan fingerprint density at radius 2 is 2.00 bits per heavy atom. The third-order valence-corrected chi connectivity index (χ3v) is 2.28. The van der Waals surface area contributed by atoms with Crippen LogP contribution < -0.4 is 5.32 Å². The molecule has 2 rings (SSSR count). The number of hydrogen-bond donors (Lipinski definition) is 1. The van der Waals surface area contributed by atoms with Crippen LogP contribution >= 0.6 is 0 Å². The summed E-state index contributed by atoms with van der Waals surface area (Å²) in [6, 6.07) is 8.44. The van der Waals surface area contributed by atoms with E-state index < -0.39 is 17.5 Å². The van der Waals surface area contributed by atoms with Crippen LogP contribution in [0.3, 0.4) is 0 Å². The molecule has 0 spiro atoms. The van der Waals surface area contributed by atoms with Crippen molar-refractivity contribution in [2.24, 2.45) is 0 Å². The third kappa shape index (κ3) is 3.70. The van der Waals surface area contributed by atoms with E-state index in [1.54, 1.807) is 24.4 Å². The number of halogens is 2. The molecule has 0 saturated carbocycles. The van der Waals surface area contributed by atoms with Gasteiger partial charge < -0.3 is 5.32 Å². The van der Waals surface area contributed by atoms with E-state index in [-0.39, 0.29) is 5.69 Å². The number of aromatic nitrogens is 1. The molecule has 2 aromatic rings. The molecule has 3 nitrogen and oxygen atoms in total. The van der Waals surface area contributed by atoms with E-state index in [9.17, 15) is 13.6 Å². The van der Waals surface area contributed by atoms with Crippen LogP contribution in [0.15, 0.2) is 48.7 Å². The molecule has 0 unspecified atom stereocenters. The minimum atomic E-state index is -1.01. The maximum Gasteiger partial charge on any atom is 0.248 e. The van der Waals surface area contributed by atoms with Crippen molar-refractivity contribution in [3.8, 4) is 0 Å². The zero-order valence-electron chi connectivity index (χ0n) is 9.81. The molecule has 19 heavy (non-hydrogen) atoms. The van der Waals surface area contributed by atoms with Crippen LogP contribution in [0.4, 0.5) is 14.5 Å². The first-order chi connectivity index (χ1) is 9.15. The van der Waals surface area contributed by atoms with Gasteiger partial charge in [-0.1, -0.05) is 6.07 Å². The predicted molar refractivity (Wildman–Crippen MR) is 68.3 cm³/mol. The molecular weight excluding hydrogens is 250 g/mol. The molecule has 1 aromatic heterocycles. The van der Waals surface area contributed by atoms with Crippen molar-refractivity contribution in [1.29, 1.82) is 0 Å². The van der Waals surface area contributed by atoms with E-state index in [4.69, 9.17) is 0 Å². The number of rotatable bonds is 3. The third-order valence-electron chi connectivity index (χ3n) is 2.28. The number of benzene rings is 1. The molecule has 0 radical (unpaired) electrons. The van der Waals surface area contributed by atoms with Gasteiger partial charge in [0.2, 0.25) is 5.91 Å². The molecule has 0 aliphatic heterocycles. The Kier molecular flexibility index (Phi) is 3.97. The Balaban J connectivity index is 2.01. The highest BCUT2D eigenvalue weighted by molar-refractivity contribution is 6.01. The summed E-state index contributed by atoms with van der Waals surface area (Å²) in [5.74, 6) is -2.41. The van der Waals surface area contributed by atoms with E-state index in [0.29, 0.717) is 5.69 Å². The van der Waals surface area contributed by atoms with Gasteiger partial charge in [0.1, 0.15) is 0 Å². The smallest absolute Gasteiger partial charge is 0.248 e. The summed E-state index contributed by atoms with van der Waals surface area (Å²) in [5.41, 5.74) is 0.817. The number of anilines is 1. The quantitative estimate of drug-likeness (QED) is 0.862. The Labute approximate surface area is 108 Å². The van der Waals surface area contributed by atoms with Crippen LogP contribution in [-0.2, 0) is 4.79 Å². The molecule has 0 aliphatic rings. The summed E-state index contributed by atoms with van der Waals surface area (Å²) >= 11 is 0. The second-order valence-corrected chi connectivity index (χ2v) is 3.71. The van der Waals surface area contributed by atoms with Gasteiger partial charge in [0, 0.05) is 24.0 Å². The fourth-order valence-electron chi connectivity index (χ4n) is 1.39. The lowest BCUT2D eigenvalue weighted by Crippen LogP contribution is -2.08. The van der Waals surface area contributed by atoms with Crippen LogP contribution in [0.5, 0.6) is 0 Å². The average Bonchev–Trinajstić information content (AvgIpc) is 2.42. The zero-order chi connectivity index (χ0) is 13.7. The minimum absolute atomic E-state index is 0.189. The van der Waals surface area contributed by atoms with Gasteiger partial charge in [0.25, 0.3) is 0 Å². The zero-order valence-corrected chi connectivity index (χ0v) is 9.81. The van der Waals surface area contributed by atoms with Crippen LogP contribution in [-0.4, -0.2) is 10.9 Å². The van der Waals surface area contributed by atoms with E-state index in [1.165, 1.54) is 18.2 Å². The maximum atomic E-state index is 12.9. The first-order valence-electron chi connectivity index (χ1n) is 5.50. The molecular formula is C14H10F2N2O. The summed E-state index contributed by atoms with van der Waals surface area (Å²) in [6.07, 6.45) is 4.39. The highest BCUT2D eigenvalue weighted by atomic mass is 19.2. The summed E-state index contributed by atoms with van der Waals surface area (Å²) < 4.78 is 25.6. The van der Waals surface area contributed by atoms with Crippen molar-refractivity contribution < 1.29 is 13.6 Å². The van der Waals surface area contributed by atoms with E-state index >= 15 is 0 Å². The van der Waals surface area contributed by atoms with Gasteiger partial charge in [0.05, 0.1) is 5.69 Å². The lowest BCUT2D eigenvalue weighted by Gasteiger charge is -2.02. The summed E-state index contributed by atoms with van der Waals surface area (Å²) in [7, 11) is 0. The Bertz CT molecular complexity index is 612. The lowest BCUT2D eigenvalue weighted by molar-refractivity contribution is -0.111. The molecule has 0 atom stereocenters. The van der Waals surface area contributed by atoms with Crippen LogP contribution in [0.25, 0.3) is 6.08 Å². The second kappa shape index (κ2) is 5.86. The van der Waals surface area contributed by atoms with E-state index in [2.05, 4.69) is 10.3 Å². The normalized spacial score (nSPS) is 10.6. The van der Waals surface area contributed by atoms with Gasteiger partial charge in [-0.2, -0.15) is 0 Å². The molecule has 1 heterocycles. The number of nitrogens with one attached hydrogen (secondary N) is 1. The second-order valence-electron chi connectivity index (χ2n) is 3.71. The van der Waals surface area contributed by atoms with Gasteiger partial charge >= 0.3 is 0 Å². The van der Waals surface area contributed by atoms with Crippen LogP contribution in [0.2, 0.25) is 0 Å².